The quantitative estimate of drug-likeness (QED) is 0.479. The maximum atomic E-state index is 12.3. The lowest BCUT2D eigenvalue weighted by Gasteiger charge is -2.40. The number of guanidine groups is 1. The molecule has 32 heavy (non-hydrogen) atoms. The van der Waals surface area contributed by atoms with Gasteiger partial charge in [-0.15, -0.1) is 0 Å². The number of anilines is 1. The first-order valence-electron chi connectivity index (χ1n) is 11.4. The zero-order chi connectivity index (χ0) is 23.1. The van der Waals surface area contributed by atoms with Crippen LogP contribution in [0.3, 0.4) is 0 Å². The van der Waals surface area contributed by atoms with E-state index < -0.39 is 5.60 Å². The van der Waals surface area contributed by atoms with Crippen LogP contribution in [0.2, 0.25) is 0 Å². The average Bonchev–Trinajstić information content (AvgIpc) is 3.22. The van der Waals surface area contributed by atoms with E-state index in [1.165, 1.54) is 0 Å². The predicted molar refractivity (Wildman–Crippen MR) is 126 cm³/mol. The summed E-state index contributed by atoms with van der Waals surface area (Å²) < 4.78 is 5.40. The molecular formula is C23H36N6O3. The fourth-order valence-electron chi connectivity index (χ4n) is 3.60. The molecule has 9 heteroatoms. The van der Waals surface area contributed by atoms with Gasteiger partial charge >= 0.3 is 12.1 Å². The van der Waals surface area contributed by atoms with Gasteiger partial charge in [-0.05, 0) is 58.2 Å². The molecule has 2 aliphatic rings. The molecule has 0 aromatic heterocycles. The SMILES string of the molecule is CCNC(=NCc1cccc(NC(=O)N2CCCC2)c1)NC1CN(C(=O)OC(C)(C)C)C1. The van der Waals surface area contributed by atoms with Crippen molar-refractivity contribution in [3.05, 3.63) is 29.8 Å². The number of nitrogens with zero attached hydrogens (tertiary/aromatic N) is 3. The summed E-state index contributed by atoms with van der Waals surface area (Å²) in [6, 6.07) is 7.85. The predicted octanol–water partition coefficient (Wildman–Crippen LogP) is 2.99. The van der Waals surface area contributed by atoms with Gasteiger partial charge in [0, 0.05) is 38.4 Å². The van der Waals surface area contributed by atoms with Gasteiger partial charge in [-0.3, -0.25) is 0 Å². The molecule has 2 fully saturated rings. The maximum absolute atomic E-state index is 12.3. The third-order valence-corrected chi connectivity index (χ3v) is 5.21. The fourth-order valence-corrected chi connectivity index (χ4v) is 3.60. The van der Waals surface area contributed by atoms with Gasteiger partial charge in [0.1, 0.15) is 5.60 Å². The molecule has 9 nitrogen and oxygen atoms in total. The van der Waals surface area contributed by atoms with Crippen LogP contribution in [0.4, 0.5) is 15.3 Å². The number of urea groups is 1. The van der Waals surface area contributed by atoms with E-state index in [9.17, 15) is 9.59 Å². The second-order valence-corrected chi connectivity index (χ2v) is 9.25. The Bertz CT molecular complexity index is 823. The van der Waals surface area contributed by atoms with Crippen LogP contribution in [0, 0.1) is 0 Å². The van der Waals surface area contributed by atoms with Gasteiger partial charge in [-0.1, -0.05) is 12.1 Å². The van der Waals surface area contributed by atoms with Crippen LogP contribution in [0.15, 0.2) is 29.3 Å². The molecule has 0 saturated carbocycles. The lowest BCUT2D eigenvalue weighted by atomic mass is 10.1. The number of carbonyl (C=O) groups is 2. The van der Waals surface area contributed by atoms with E-state index in [0.29, 0.717) is 25.6 Å². The van der Waals surface area contributed by atoms with Crippen LogP contribution in [-0.2, 0) is 11.3 Å². The first-order chi connectivity index (χ1) is 15.2. The first kappa shape index (κ1) is 23.7. The Labute approximate surface area is 190 Å². The Morgan fingerprint density at radius 1 is 1.16 bits per heavy atom. The fraction of sp³-hybridized carbons (Fsp3) is 0.609. The minimum Gasteiger partial charge on any atom is -0.444 e. The van der Waals surface area contributed by atoms with Crippen LogP contribution >= 0.6 is 0 Å². The van der Waals surface area contributed by atoms with E-state index in [1.54, 1.807) is 4.90 Å². The molecule has 0 unspecified atom stereocenters. The number of ether oxygens (including phenoxy) is 1. The molecule has 3 N–H and O–H groups in total. The standard InChI is InChI=1S/C23H36N6O3/c1-5-24-20(26-19-15-29(16-19)22(31)32-23(2,3)4)25-14-17-9-8-10-18(13-17)27-21(30)28-11-6-7-12-28/h8-10,13,19H,5-7,11-12,14-16H2,1-4H3,(H,27,30)(H2,24,25,26). The van der Waals surface area contributed by atoms with Crippen molar-refractivity contribution in [2.24, 2.45) is 4.99 Å². The van der Waals surface area contributed by atoms with Gasteiger partial charge < -0.3 is 30.5 Å². The van der Waals surface area contributed by atoms with Gasteiger partial charge in [-0.25, -0.2) is 14.6 Å². The number of hydrogen-bond acceptors (Lipinski definition) is 4. The minimum absolute atomic E-state index is 0.0438. The van der Waals surface area contributed by atoms with Crippen molar-refractivity contribution < 1.29 is 14.3 Å². The highest BCUT2D eigenvalue weighted by molar-refractivity contribution is 5.89. The second kappa shape index (κ2) is 10.6. The number of benzene rings is 1. The van der Waals surface area contributed by atoms with E-state index >= 15 is 0 Å². The molecule has 1 aromatic carbocycles. The van der Waals surface area contributed by atoms with Crippen LogP contribution in [-0.4, -0.2) is 72.3 Å². The van der Waals surface area contributed by atoms with Crippen LogP contribution in [0.25, 0.3) is 0 Å². The molecule has 0 bridgehead atoms. The second-order valence-electron chi connectivity index (χ2n) is 9.25. The number of aliphatic imine (C=N–C) groups is 1. The molecule has 0 spiro atoms. The van der Waals surface area contributed by atoms with Gasteiger partial charge in [0.2, 0.25) is 0 Å². The summed E-state index contributed by atoms with van der Waals surface area (Å²) in [6.45, 7) is 11.6. The third-order valence-electron chi connectivity index (χ3n) is 5.21. The van der Waals surface area contributed by atoms with Gasteiger partial charge in [0.15, 0.2) is 5.96 Å². The maximum Gasteiger partial charge on any atom is 0.410 e. The molecule has 0 radical (unpaired) electrons. The van der Waals surface area contributed by atoms with E-state index in [2.05, 4.69) is 20.9 Å². The van der Waals surface area contributed by atoms with E-state index in [4.69, 9.17) is 4.74 Å². The third kappa shape index (κ3) is 7.03. The number of rotatable bonds is 5. The Morgan fingerprint density at radius 2 is 1.88 bits per heavy atom. The summed E-state index contributed by atoms with van der Waals surface area (Å²) in [5.41, 5.74) is 1.29. The van der Waals surface area contributed by atoms with E-state index in [0.717, 1.165) is 43.7 Å². The lowest BCUT2D eigenvalue weighted by Crippen LogP contribution is -2.63. The Kier molecular flexibility index (Phi) is 7.82. The summed E-state index contributed by atoms with van der Waals surface area (Å²) in [4.78, 5) is 32.6. The highest BCUT2D eigenvalue weighted by Gasteiger charge is 2.34. The molecular weight excluding hydrogens is 408 g/mol. The van der Waals surface area contributed by atoms with Gasteiger partial charge in [0.05, 0.1) is 12.6 Å². The zero-order valence-electron chi connectivity index (χ0n) is 19.6. The average molecular weight is 445 g/mol. The Hall–Kier alpha value is -2.97. The van der Waals surface area contributed by atoms with Crippen molar-refractivity contribution >= 4 is 23.8 Å². The first-order valence-corrected chi connectivity index (χ1v) is 11.4. The number of likely N-dealkylation sites (tertiary alicyclic amines) is 2. The lowest BCUT2D eigenvalue weighted by molar-refractivity contribution is 0.00700. The van der Waals surface area contributed by atoms with Crippen molar-refractivity contribution in [1.29, 1.82) is 0 Å². The smallest absolute Gasteiger partial charge is 0.410 e. The van der Waals surface area contributed by atoms with Crippen LogP contribution < -0.4 is 16.0 Å². The molecule has 2 saturated heterocycles. The number of nitrogens with one attached hydrogen (secondary N) is 3. The monoisotopic (exact) mass is 444 g/mol. The van der Waals surface area contributed by atoms with Crippen molar-refractivity contribution in [2.75, 3.05) is 38.0 Å². The highest BCUT2D eigenvalue weighted by Crippen LogP contribution is 2.16. The largest absolute Gasteiger partial charge is 0.444 e. The zero-order valence-corrected chi connectivity index (χ0v) is 19.6. The number of hydrogen-bond donors (Lipinski definition) is 3. The number of carbonyl (C=O) groups excluding carboxylic acids is 2. The molecule has 0 aliphatic carbocycles. The summed E-state index contributed by atoms with van der Waals surface area (Å²) >= 11 is 0. The van der Waals surface area contributed by atoms with Crippen LogP contribution in [0.1, 0.15) is 46.1 Å². The normalized spacial score (nSPS) is 17.1. The molecule has 0 atom stereocenters. The van der Waals surface area contributed by atoms with Crippen molar-refractivity contribution in [3.63, 3.8) is 0 Å². The Morgan fingerprint density at radius 3 is 2.53 bits per heavy atom. The molecule has 3 rings (SSSR count). The minimum atomic E-state index is -0.492. The number of amides is 3. The van der Waals surface area contributed by atoms with E-state index in [1.807, 2.05) is 56.9 Å². The van der Waals surface area contributed by atoms with Crippen molar-refractivity contribution in [2.45, 2.75) is 58.7 Å². The van der Waals surface area contributed by atoms with Gasteiger partial charge in [0.25, 0.3) is 0 Å². The Balaban J connectivity index is 1.51. The molecule has 2 aliphatic heterocycles. The molecule has 176 valence electrons. The van der Waals surface area contributed by atoms with Crippen molar-refractivity contribution in [1.82, 2.24) is 20.4 Å². The van der Waals surface area contributed by atoms with E-state index in [-0.39, 0.29) is 18.2 Å². The molecule has 1 aromatic rings. The highest BCUT2D eigenvalue weighted by atomic mass is 16.6. The molecule has 3 amide bonds. The topological polar surface area (TPSA) is 98.3 Å². The summed E-state index contributed by atoms with van der Waals surface area (Å²) in [6.07, 6.45) is 1.85. The van der Waals surface area contributed by atoms with Crippen molar-refractivity contribution in [3.8, 4) is 0 Å². The summed E-state index contributed by atoms with van der Waals surface area (Å²) in [7, 11) is 0. The van der Waals surface area contributed by atoms with Gasteiger partial charge in [-0.2, -0.15) is 0 Å². The summed E-state index contributed by atoms with van der Waals surface area (Å²) in [5, 5.41) is 9.59. The summed E-state index contributed by atoms with van der Waals surface area (Å²) in [5.74, 6) is 0.702. The van der Waals surface area contributed by atoms with Crippen LogP contribution in [0.5, 0.6) is 0 Å². The molecule has 2 heterocycles.